The fourth-order valence-electron chi connectivity index (χ4n) is 2.58. The van der Waals surface area contributed by atoms with Crippen molar-refractivity contribution in [1.82, 2.24) is 0 Å². The summed E-state index contributed by atoms with van der Waals surface area (Å²) in [5.41, 5.74) is 2.94. The number of hydrogen-bond donors (Lipinski definition) is 2. The van der Waals surface area contributed by atoms with Crippen molar-refractivity contribution in [3.63, 3.8) is 0 Å². The van der Waals surface area contributed by atoms with Crippen LogP contribution in [0, 0.1) is 0 Å². The molecule has 2 atom stereocenters. The van der Waals surface area contributed by atoms with Crippen LogP contribution in [0.2, 0.25) is 0 Å². The molecule has 0 aliphatic heterocycles. The molecule has 5 heteroatoms. The van der Waals surface area contributed by atoms with E-state index in [4.69, 9.17) is 5.73 Å². The fourth-order valence-corrected chi connectivity index (χ4v) is 2.58. The van der Waals surface area contributed by atoms with Gasteiger partial charge in [-0.1, -0.05) is 30.7 Å². The lowest BCUT2D eigenvalue weighted by Gasteiger charge is -2.38. The maximum absolute atomic E-state index is 13.3. The summed E-state index contributed by atoms with van der Waals surface area (Å²) >= 11 is 0. The van der Waals surface area contributed by atoms with Gasteiger partial charge in [-0.3, -0.25) is 0 Å². The summed E-state index contributed by atoms with van der Waals surface area (Å²) in [7, 11) is 0. The lowest BCUT2D eigenvalue weighted by atomic mass is 9.73. The van der Waals surface area contributed by atoms with Gasteiger partial charge in [-0.05, 0) is 36.8 Å². The van der Waals surface area contributed by atoms with Crippen LogP contribution in [0.5, 0.6) is 0 Å². The first-order valence-electron chi connectivity index (χ1n) is 6.42. The number of benzene rings is 1. The molecule has 1 aromatic carbocycles. The van der Waals surface area contributed by atoms with Crippen LogP contribution >= 0.6 is 0 Å². The first kappa shape index (κ1) is 14.3. The van der Waals surface area contributed by atoms with Gasteiger partial charge in [0.05, 0.1) is 0 Å². The van der Waals surface area contributed by atoms with Crippen molar-refractivity contribution in [2.24, 2.45) is 5.73 Å². The molecule has 1 fully saturated rings. The van der Waals surface area contributed by atoms with Gasteiger partial charge in [0.2, 0.25) is 5.60 Å². The average molecular weight is 273 g/mol. The smallest absolute Gasteiger partial charge is 0.375 e. The molecule has 1 aliphatic rings. The first-order chi connectivity index (χ1) is 8.78. The minimum Gasteiger partial charge on any atom is -0.375 e. The highest BCUT2D eigenvalue weighted by atomic mass is 19.4. The molecule has 3 N–H and O–H groups in total. The van der Waals surface area contributed by atoms with E-state index in [-0.39, 0.29) is 11.5 Å². The molecule has 2 rings (SSSR count). The zero-order chi connectivity index (χ0) is 14.3. The standard InChI is InChI=1S/C14H18F3NO/c1-9(18)13(19,14(15,16)17)12-8-3-2-7-11(12)10-5-4-6-10/h2-3,7-10,19H,4-6,18H2,1H3. The van der Waals surface area contributed by atoms with Crippen LogP contribution in [0.1, 0.15) is 43.2 Å². The Kier molecular flexibility index (Phi) is 3.62. The summed E-state index contributed by atoms with van der Waals surface area (Å²) in [6, 6.07) is 4.79. The third-order valence-corrected chi connectivity index (χ3v) is 4.01. The summed E-state index contributed by atoms with van der Waals surface area (Å²) in [6.45, 7) is 1.19. The van der Waals surface area contributed by atoms with Crippen LogP contribution in [0.3, 0.4) is 0 Å². The lowest BCUT2D eigenvalue weighted by Crippen LogP contribution is -2.54. The predicted molar refractivity (Wildman–Crippen MR) is 66.6 cm³/mol. The summed E-state index contributed by atoms with van der Waals surface area (Å²) < 4.78 is 39.8. The molecule has 0 saturated heterocycles. The lowest BCUT2D eigenvalue weighted by molar-refractivity contribution is -0.273. The van der Waals surface area contributed by atoms with Gasteiger partial charge in [-0.15, -0.1) is 0 Å². The third kappa shape index (κ3) is 2.25. The average Bonchev–Trinajstić information content (AvgIpc) is 2.24. The molecule has 1 saturated carbocycles. The van der Waals surface area contributed by atoms with Gasteiger partial charge in [-0.2, -0.15) is 13.2 Å². The van der Waals surface area contributed by atoms with Crippen molar-refractivity contribution in [2.45, 2.75) is 49.9 Å². The Morgan fingerprint density at radius 2 is 1.84 bits per heavy atom. The second-order valence-electron chi connectivity index (χ2n) is 5.27. The molecule has 19 heavy (non-hydrogen) atoms. The number of aliphatic hydroxyl groups is 1. The summed E-state index contributed by atoms with van der Waals surface area (Å²) in [4.78, 5) is 0. The number of rotatable bonds is 3. The summed E-state index contributed by atoms with van der Waals surface area (Å²) in [5, 5.41) is 10.2. The Labute approximate surface area is 110 Å². The van der Waals surface area contributed by atoms with E-state index in [0.29, 0.717) is 5.56 Å². The Morgan fingerprint density at radius 1 is 1.26 bits per heavy atom. The molecule has 0 bridgehead atoms. The molecular formula is C14H18F3NO. The Bertz CT molecular complexity index is 454. The topological polar surface area (TPSA) is 46.2 Å². The van der Waals surface area contributed by atoms with Gasteiger partial charge in [0.25, 0.3) is 0 Å². The number of hydrogen-bond acceptors (Lipinski definition) is 2. The SMILES string of the molecule is CC(N)C(O)(c1ccccc1C1CCC1)C(F)(F)F. The fraction of sp³-hybridized carbons (Fsp3) is 0.571. The minimum atomic E-state index is -4.79. The monoisotopic (exact) mass is 273 g/mol. The molecular weight excluding hydrogens is 255 g/mol. The van der Waals surface area contributed by atoms with E-state index in [2.05, 4.69) is 0 Å². The van der Waals surface area contributed by atoms with E-state index in [1.165, 1.54) is 19.1 Å². The van der Waals surface area contributed by atoms with Gasteiger partial charge in [0, 0.05) is 6.04 Å². The minimum absolute atomic E-state index is 0.0952. The van der Waals surface area contributed by atoms with Crippen molar-refractivity contribution in [3.05, 3.63) is 35.4 Å². The van der Waals surface area contributed by atoms with Gasteiger partial charge in [0.1, 0.15) is 0 Å². The Balaban J connectivity index is 2.54. The van der Waals surface area contributed by atoms with Crippen molar-refractivity contribution in [2.75, 3.05) is 0 Å². The second-order valence-corrected chi connectivity index (χ2v) is 5.27. The van der Waals surface area contributed by atoms with Crippen molar-refractivity contribution in [1.29, 1.82) is 0 Å². The van der Waals surface area contributed by atoms with Crippen LogP contribution < -0.4 is 5.73 Å². The van der Waals surface area contributed by atoms with Gasteiger partial charge in [-0.25, -0.2) is 0 Å². The Hall–Kier alpha value is -1.07. The van der Waals surface area contributed by atoms with E-state index in [9.17, 15) is 18.3 Å². The molecule has 0 radical (unpaired) electrons. The maximum Gasteiger partial charge on any atom is 0.422 e. The van der Waals surface area contributed by atoms with Crippen molar-refractivity contribution < 1.29 is 18.3 Å². The third-order valence-electron chi connectivity index (χ3n) is 4.01. The maximum atomic E-state index is 13.3. The quantitative estimate of drug-likeness (QED) is 0.889. The van der Waals surface area contributed by atoms with E-state index >= 15 is 0 Å². The van der Waals surface area contributed by atoms with Crippen LogP contribution in [-0.4, -0.2) is 17.3 Å². The molecule has 2 unspecified atom stereocenters. The molecule has 1 aliphatic carbocycles. The summed E-state index contributed by atoms with van der Waals surface area (Å²) in [5.74, 6) is 0.101. The van der Waals surface area contributed by atoms with Crippen molar-refractivity contribution in [3.8, 4) is 0 Å². The number of nitrogens with two attached hydrogens (primary N) is 1. The highest BCUT2D eigenvalue weighted by Crippen LogP contribution is 2.46. The van der Waals surface area contributed by atoms with Crippen LogP contribution in [0.4, 0.5) is 13.2 Å². The predicted octanol–water partition coefficient (Wildman–Crippen LogP) is 3.05. The number of halogens is 3. The molecule has 1 aromatic rings. The van der Waals surface area contributed by atoms with E-state index in [0.717, 1.165) is 19.3 Å². The number of alkyl halides is 3. The molecule has 106 valence electrons. The van der Waals surface area contributed by atoms with Crippen LogP contribution in [0.25, 0.3) is 0 Å². The van der Waals surface area contributed by atoms with Gasteiger partial charge in [0.15, 0.2) is 0 Å². The van der Waals surface area contributed by atoms with E-state index in [1.807, 2.05) is 0 Å². The zero-order valence-corrected chi connectivity index (χ0v) is 10.7. The van der Waals surface area contributed by atoms with E-state index in [1.54, 1.807) is 12.1 Å². The first-order valence-corrected chi connectivity index (χ1v) is 6.42. The van der Waals surface area contributed by atoms with Gasteiger partial charge >= 0.3 is 6.18 Å². The normalized spacial score (nSPS) is 21.6. The van der Waals surface area contributed by atoms with Crippen LogP contribution in [-0.2, 0) is 5.60 Å². The summed E-state index contributed by atoms with van der Waals surface area (Å²) in [6.07, 6.45) is -2.05. The largest absolute Gasteiger partial charge is 0.422 e. The highest BCUT2D eigenvalue weighted by Gasteiger charge is 2.58. The molecule has 2 nitrogen and oxygen atoms in total. The molecule has 0 aromatic heterocycles. The second kappa shape index (κ2) is 4.80. The molecule has 0 spiro atoms. The van der Waals surface area contributed by atoms with Crippen molar-refractivity contribution >= 4 is 0 Å². The van der Waals surface area contributed by atoms with E-state index < -0.39 is 17.8 Å². The molecule has 0 amide bonds. The molecule has 0 heterocycles. The van der Waals surface area contributed by atoms with Crippen LogP contribution in [0.15, 0.2) is 24.3 Å². The zero-order valence-electron chi connectivity index (χ0n) is 10.7. The Morgan fingerprint density at radius 3 is 2.26 bits per heavy atom. The highest BCUT2D eigenvalue weighted by molar-refractivity contribution is 5.38. The van der Waals surface area contributed by atoms with Gasteiger partial charge < -0.3 is 10.8 Å².